The summed E-state index contributed by atoms with van der Waals surface area (Å²) in [5.41, 5.74) is 0. The summed E-state index contributed by atoms with van der Waals surface area (Å²) in [6.45, 7) is 14.2. The molecule has 4 heteroatoms. The molecule has 0 spiro atoms. The molecule has 0 saturated carbocycles. The van der Waals surface area contributed by atoms with E-state index in [0.29, 0.717) is 0 Å². The summed E-state index contributed by atoms with van der Waals surface area (Å²) in [7, 11) is 0. The highest BCUT2D eigenvalue weighted by Crippen LogP contribution is 2.45. The van der Waals surface area contributed by atoms with Crippen molar-refractivity contribution in [2.75, 3.05) is 24.6 Å². The van der Waals surface area contributed by atoms with Gasteiger partial charge in [-0.1, -0.05) is 111 Å². The van der Waals surface area contributed by atoms with Gasteiger partial charge in [-0.15, -0.1) is 0 Å². The summed E-state index contributed by atoms with van der Waals surface area (Å²) < 4.78 is 0. The van der Waals surface area contributed by atoms with Gasteiger partial charge in [0.2, 0.25) is 0 Å². The largest absolute Gasteiger partial charge is 0.0650 e. The smallest absolute Gasteiger partial charge is 0.0227 e. The van der Waals surface area contributed by atoms with Gasteiger partial charge in [0.15, 0.2) is 0 Å². The Bertz CT molecular complexity index is 212. The van der Waals surface area contributed by atoms with Crippen LogP contribution in [-0.2, 0) is 0 Å². The number of hydrogen-bond acceptors (Lipinski definition) is 0. The molecular weight excluding hydrogens is 462 g/mol. The van der Waals surface area contributed by atoms with E-state index in [-0.39, 0.29) is 13.2 Å². The maximum Gasteiger partial charge on any atom is -0.0227 e. The lowest BCUT2D eigenvalue weighted by Gasteiger charge is -2.08. The molecule has 0 N–H and O–H groups in total. The predicted octanol–water partition coefficient (Wildman–Crippen LogP) is 10.0. The Morgan fingerprint density at radius 3 is 1.17 bits per heavy atom. The van der Waals surface area contributed by atoms with Crippen LogP contribution in [0.4, 0.5) is 0 Å². The topological polar surface area (TPSA) is 0 Å². The molecule has 24 heavy (non-hydrogen) atoms. The molecule has 0 saturated heterocycles. The third kappa shape index (κ3) is 26.1. The summed E-state index contributed by atoms with van der Waals surface area (Å²) in [6.07, 6.45) is 16.8. The summed E-state index contributed by atoms with van der Waals surface area (Å²) in [6, 6.07) is 0. The molecule has 0 rings (SSSR count). The molecule has 0 bridgehead atoms. The Balaban J connectivity index is 0. The average molecular weight is 506 g/mol. The first-order chi connectivity index (χ1) is 11.3. The second kappa shape index (κ2) is 21.1. The summed E-state index contributed by atoms with van der Waals surface area (Å²) in [5, 5.41) is 0. The van der Waals surface area contributed by atoms with Crippen molar-refractivity contribution >= 4 is 44.2 Å². The highest BCUT2D eigenvalue weighted by molar-refractivity contribution is 9.39. The molecule has 148 valence electrons. The minimum Gasteiger partial charge on any atom is -0.0650 e. The molecule has 2 atom stereocenters. The number of halogens is 2. The van der Waals surface area contributed by atoms with E-state index in [1.165, 1.54) is 76.0 Å². The highest BCUT2D eigenvalue weighted by atomic mass is 79.9. The van der Waals surface area contributed by atoms with Gasteiger partial charge in [0.25, 0.3) is 0 Å². The number of unbranched alkanes of at least 4 members (excludes halogenated alkanes) is 2. The van der Waals surface area contributed by atoms with E-state index in [1.54, 1.807) is 0 Å². The summed E-state index contributed by atoms with van der Waals surface area (Å²) >= 11 is 7.54. The molecule has 0 aliphatic carbocycles. The first kappa shape index (κ1) is 28.0. The predicted molar refractivity (Wildman–Crippen MR) is 129 cm³/mol. The van der Waals surface area contributed by atoms with Crippen LogP contribution in [0.2, 0.25) is 0 Å². The van der Waals surface area contributed by atoms with Crippen LogP contribution in [-0.4, -0.2) is 24.6 Å². The van der Waals surface area contributed by atoms with Gasteiger partial charge in [-0.05, 0) is 62.6 Å². The Hall–Kier alpha value is 1.82. The standard InChI is InChI=1S/2C10H22BrP/c2*1-4-8-12(11)9-6-5-7-10(2)3/h2*10H,4-9H2,1-3H3. The van der Waals surface area contributed by atoms with Crippen molar-refractivity contribution in [1.29, 1.82) is 0 Å². The summed E-state index contributed by atoms with van der Waals surface area (Å²) in [5.74, 6) is 1.77. The lowest BCUT2D eigenvalue weighted by atomic mass is 10.1. The molecular formula is C20H44Br2P2. The van der Waals surface area contributed by atoms with Crippen LogP contribution >= 0.6 is 44.2 Å². The maximum atomic E-state index is 3.77. The van der Waals surface area contributed by atoms with Crippen LogP contribution in [0.3, 0.4) is 0 Å². The first-order valence-corrected chi connectivity index (χ1v) is 17.6. The molecule has 2 unspecified atom stereocenters. The molecule has 0 fully saturated rings. The fraction of sp³-hybridized carbons (Fsp3) is 1.00. The van der Waals surface area contributed by atoms with Gasteiger partial charge in [0.05, 0.1) is 0 Å². The van der Waals surface area contributed by atoms with E-state index in [0.717, 1.165) is 11.8 Å². The van der Waals surface area contributed by atoms with Crippen molar-refractivity contribution in [2.24, 2.45) is 11.8 Å². The van der Waals surface area contributed by atoms with Crippen molar-refractivity contribution in [3.8, 4) is 0 Å². The van der Waals surface area contributed by atoms with Crippen LogP contribution in [0.15, 0.2) is 0 Å². The molecule has 0 aromatic rings. The second-order valence-corrected chi connectivity index (χ2v) is 17.3. The lowest BCUT2D eigenvalue weighted by Crippen LogP contribution is -1.89. The van der Waals surface area contributed by atoms with E-state index < -0.39 is 0 Å². The first-order valence-electron chi connectivity index (χ1n) is 10.1. The lowest BCUT2D eigenvalue weighted by molar-refractivity contribution is 0.551. The second-order valence-electron chi connectivity index (χ2n) is 7.60. The zero-order chi connectivity index (χ0) is 18.8. The normalized spacial score (nSPS) is 13.8. The van der Waals surface area contributed by atoms with Gasteiger partial charge in [0.1, 0.15) is 0 Å². The fourth-order valence-electron chi connectivity index (χ4n) is 2.38. The Kier molecular flexibility index (Phi) is 24.7. The average Bonchev–Trinajstić information content (AvgIpc) is 2.49. The van der Waals surface area contributed by atoms with E-state index in [1.807, 2.05) is 0 Å². The quantitative estimate of drug-likeness (QED) is 0.162. The molecule has 0 nitrogen and oxygen atoms in total. The zero-order valence-electron chi connectivity index (χ0n) is 17.3. The van der Waals surface area contributed by atoms with Crippen molar-refractivity contribution in [2.45, 2.75) is 92.9 Å². The highest BCUT2D eigenvalue weighted by Gasteiger charge is 2.02. The van der Waals surface area contributed by atoms with Crippen molar-refractivity contribution in [1.82, 2.24) is 0 Å². The molecule has 0 aliphatic heterocycles. The maximum absolute atomic E-state index is 3.77. The molecule has 0 aliphatic rings. The minimum atomic E-state index is 0.201. The number of rotatable bonds is 14. The molecule has 0 heterocycles. The van der Waals surface area contributed by atoms with Crippen molar-refractivity contribution in [3.63, 3.8) is 0 Å². The molecule has 0 radical (unpaired) electrons. The molecule has 0 aromatic heterocycles. The van der Waals surface area contributed by atoms with E-state index in [9.17, 15) is 0 Å². The van der Waals surface area contributed by atoms with E-state index in [4.69, 9.17) is 0 Å². The van der Waals surface area contributed by atoms with Crippen molar-refractivity contribution in [3.05, 3.63) is 0 Å². The van der Waals surface area contributed by atoms with Crippen LogP contribution in [0.1, 0.15) is 92.9 Å². The van der Waals surface area contributed by atoms with Crippen LogP contribution < -0.4 is 0 Å². The van der Waals surface area contributed by atoms with Crippen LogP contribution in [0.25, 0.3) is 0 Å². The SMILES string of the molecule is CCCP(Br)CCCCC(C)C.CCCP(Br)CCCCC(C)C. The zero-order valence-corrected chi connectivity index (χ0v) is 22.3. The van der Waals surface area contributed by atoms with Gasteiger partial charge < -0.3 is 0 Å². The van der Waals surface area contributed by atoms with E-state index in [2.05, 4.69) is 72.5 Å². The third-order valence-corrected chi connectivity index (χ3v) is 11.5. The summed E-state index contributed by atoms with van der Waals surface area (Å²) in [4.78, 5) is 0. The van der Waals surface area contributed by atoms with Gasteiger partial charge in [0, 0.05) is 0 Å². The van der Waals surface area contributed by atoms with Gasteiger partial charge in [-0.2, -0.15) is 0 Å². The van der Waals surface area contributed by atoms with Crippen LogP contribution in [0, 0.1) is 11.8 Å². The fourth-order valence-corrected chi connectivity index (χ4v) is 8.56. The van der Waals surface area contributed by atoms with Gasteiger partial charge >= 0.3 is 0 Å². The van der Waals surface area contributed by atoms with Gasteiger partial charge in [-0.3, -0.25) is 0 Å². The van der Waals surface area contributed by atoms with Crippen molar-refractivity contribution < 1.29 is 0 Å². The number of hydrogen-bond donors (Lipinski definition) is 0. The third-order valence-electron chi connectivity index (χ3n) is 3.80. The van der Waals surface area contributed by atoms with E-state index >= 15 is 0 Å². The molecule has 0 aromatic carbocycles. The van der Waals surface area contributed by atoms with Gasteiger partial charge in [-0.25, -0.2) is 0 Å². The Morgan fingerprint density at radius 2 is 0.917 bits per heavy atom. The van der Waals surface area contributed by atoms with Crippen LogP contribution in [0.5, 0.6) is 0 Å². The minimum absolute atomic E-state index is 0.201. The Labute approximate surface area is 173 Å². The Morgan fingerprint density at radius 1 is 0.583 bits per heavy atom. The molecule has 0 amide bonds. The monoisotopic (exact) mass is 504 g/mol.